The first-order chi connectivity index (χ1) is 8.31. The Bertz CT molecular complexity index is 411. The third-order valence-corrected chi connectivity index (χ3v) is 2.46. The lowest BCUT2D eigenvalue weighted by Gasteiger charge is -2.20. The van der Waals surface area contributed by atoms with E-state index in [4.69, 9.17) is 4.74 Å². The van der Waals surface area contributed by atoms with Crippen LogP contribution in [0.2, 0.25) is 0 Å². The minimum atomic E-state index is -0.486. The number of carbonyl (C=O) groups is 1. The molecule has 100 valence electrons. The molecule has 1 aromatic carbocycles. The van der Waals surface area contributed by atoms with Crippen molar-refractivity contribution in [1.29, 1.82) is 0 Å². The summed E-state index contributed by atoms with van der Waals surface area (Å²) >= 11 is 0. The number of benzene rings is 1. The highest BCUT2D eigenvalue weighted by atomic mass is 16.6. The van der Waals surface area contributed by atoms with E-state index < -0.39 is 11.7 Å². The molecule has 1 atom stereocenters. The van der Waals surface area contributed by atoms with Gasteiger partial charge in [-0.15, -0.1) is 0 Å². The largest absolute Gasteiger partial charge is 0.444 e. The number of rotatable bonds is 3. The van der Waals surface area contributed by atoms with Crippen molar-refractivity contribution in [2.75, 3.05) is 12.4 Å². The Labute approximate surface area is 109 Å². The van der Waals surface area contributed by atoms with Crippen LogP contribution in [0.5, 0.6) is 0 Å². The fourth-order valence-corrected chi connectivity index (χ4v) is 1.47. The molecule has 18 heavy (non-hydrogen) atoms. The van der Waals surface area contributed by atoms with Gasteiger partial charge in [0.25, 0.3) is 0 Å². The molecule has 4 nitrogen and oxygen atoms in total. The van der Waals surface area contributed by atoms with Gasteiger partial charge in [0.15, 0.2) is 0 Å². The number of hydrogen-bond acceptors (Lipinski definition) is 3. The maximum absolute atomic E-state index is 11.6. The van der Waals surface area contributed by atoms with Gasteiger partial charge < -0.3 is 10.1 Å². The Morgan fingerprint density at radius 3 is 2.56 bits per heavy atom. The number of ether oxygens (including phenoxy) is 1. The Morgan fingerprint density at radius 2 is 2.00 bits per heavy atom. The number of nitrogens with one attached hydrogen (secondary N) is 2. The molecule has 1 rings (SSSR count). The molecule has 0 heterocycles. The van der Waals surface area contributed by atoms with Gasteiger partial charge in [0.05, 0.1) is 0 Å². The standard InChI is InChI=1S/C14H22N2O2/c1-10(15-5)11-7-6-8-12(9-11)16-13(17)18-14(2,3)4/h6-10,15H,1-5H3,(H,16,17). The summed E-state index contributed by atoms with van der Waals surface area (Å²) in [4.78, 5) is 11.6. The van der Waals surface area contributed by atoms with Gasteiger partial charge in [-0.3, -0.25) is 5.32 Å². The molecule has 0 spiro atoms. The van der Waals surface area contributed by atoms with Crippen LogP contribution >= 0.6 is 0 Å². The summed E-state index contributed by atoms with van der Waals surface area (Å²) in [7, 11) is 1.90. The average molecular weight is 250 g/mol. The van der Waals surface area contributed by atoms with Gasteiger partial charge in [0.2, 0.25) is 0 Å². The number of hydrogen-bond donors (Lipinski definition) is 2. The lowest BCUT2D eigenvalue weighted by Crippen LogP contribution is -2.27. The van der Waals surface area contributed by atoms with Gasteiger partial charge in [0.1, 0.15) is 5.60 Å². The zero-order valence-electron chi connectivity index (χ0n) is 11.7. The van der Waals surface area contributed by atoms with Crippen molar-refractivity contribution in [2.45, 2.75) is 39.3 Å². The van der Waals surface area contributed by atoms with Crippen LogP contribution in [0.1, 0.15) is 39.3 Å². The van der Waals surface area contributed by atoms with Crippen LogP contribution in [0.25, 0.3) is 0 Å². The maximum atomic E-state index is 11.6. The predicted octanol–water partition coefficient (Wildman–Crippen LogP) is 3.31. The maximum Gasteiger partial charge on any atom is 0.412 e. The molecule has 4 heteroatoms. The van der Waals surface area contributed by atoms with Gasteiger partial charge in [0, 0.05) is 11.7 Å². The molecule has 0 bridgehead atoms. The summed E-state index contributed by atoms with van der Waals surface area (Å²) in [5, 5.41) is 5.88. The summed E-state index contributed by atoms with van der Waals surface area (Å²) in [6.45, 7) is 7.58. The second-order valence-corrected chi connectivity index (χ2v) is 5.26. The van der Waals surface area contributed by atoms with Gasteiger partial charge in [-0.25, -0.2) is 4.79 Å². The van der Waals surface area contributed by atoms with Crippen molar-refractivity contribution in [3.05, 3.63) is 29.8 Å². The monoisotopic (exact) mass is 250 g/mol. The molecule has 0 fully saturated rings. The molecule has 0 aliphatic heterocycles. The summed E-state index contributed by atoms with van der Waals surface area (Å²) in [6, 6.07) is 7.95. The highest BCUT2D eigenvalue weighted by Gasteiger charge is 2.16. The average Bonchev–Trinajstić information content (AvgIpc) is 2.25. The number of carbonyl (C=O) groups excluding carboxylic acids is 1. The van der Waals surface area contributed by atoms with E-state index in [0.717, 1.165) is 11.3 Å². The Hall–Kier alpha value is -1.55. The van der Waals surface area contributed by atoms with E-state index in [1.165, 1.54) is 0 Å². The second-order valence-electron chi connectivity index (χ2n) is 5.26. The Morgan fingerprint density at radius 1 is 1.33 bits per heavy atom. The van der Waals surface area contributed by atoms with Gasteiger partial charge in [-0.05, 0) is 52.4 Å². The van der Waals surface area contributed by atoms with E-state index in [0.29, 0.717) is 0 Å². The van der Waals surface area contributed by atoms with E-state index in [2.05, 4.69) is 17.6 Å². The molecule has 2 N–H and O–H groups in total. The van der Waals surface area contributed by atoms with Crippen LogP contribution in [0.15, 0.2) is 24.3 Å². The number of amides is 1. The summed E-state index contributed by atoms with van der Waals surface area (Å²) in [6.07, 6.45) is -0.434. The summed E-state index contributed by atoms with van der Waals surface area (Å²) < 4.78 is 5.20. The van der Waals surface area contributed by atoms with Crippen LogP contribution in [-0.2, 0) is 4.74 Å². The lowest BCUT2D eigenvalue weighted by molar-refractivity contribution is 0.0636. The summed E-state index contributed by atoms with van der Waals surface area (Å²) in [5.41, 5.74) is 1.37. The molecule has 1 amide bonds. The van der Waals surface area contributed by atoms with Gasteiger partial charge >= 0.3 is 6.09 Å². The van der Waals surface area contributed by atoms with E-state index >= 15 is 0 Å². The molecule has 0 aromatic heterocycles. The Balaban J connectivity index is 2.71. The molecular formula is C14H22N2O2. The van der Waals surface area contributed by atoms with Crippen molar-refractivity contribution in [1.82, 2.24) is 5.32 Å². The van der Waals surface area contributed by atoms with Gasteiger partial charge in [-0.2, -0.15) is 0 Å². The Kier molecular flexibility index (Phi) is 4.73. The fraction of sp³-hybridized carbons (Fsp3) is 0.500. The van der Waals surface area contributed by atoms with Crippen molar-refractivity contribution >= 4 is 11.8 Å². The predicted molar refractivity (Wildman–Crippen MR) is 73.8 cm³/mol. The molecule has 0 saturated carbocycles. The lowest BCUT2D eigenvalue weighted by atomic mass is 10.1. The van der Waals surface area contributed by atoms with Crippen LogP contribution in [0, 0.1) is 0 Å². The number of anilines is 1. The first kappa shape index (κ1) is 14.5. The van der Waals surface area contributed by atoms with Crippen LogP contribution in [0.4, 0.5) is 10.5 Å². The minimum absolute atomic E-state index is 0.241. The zero-order valence-corrected chi connectivity index (χ0v) is 11.7. The van der Waals surface area contributed by atoms with Crippen molar-refractivity contribution in [3.63, 3.8) is 0 Å². The smallest absolute Gasteiger partial charge is 0.412 e. The van der Waals surface area contributed by atoms with Gasteiger partial charge in [-0.1, -0.05) is 12.1 Å². The van der Waals surface area contributed by atoms with Crippen molar-refractivity contribution < 1.29 is 9.53 Å². The molecule has 0 aliphatic rings. The van der Waals surface area contributed by atoms with Crippen molar-refractivity contribution in [2.24, 2.45) is 0 Å². The topological polar surface area (TPSA) is 50.4 Å². The zero-order chi connectivity index (χ0) is 13.8. The van der Waals surface area contributed by atoms with Crippen LogP contribution < -0.4 is 10.6 Å². The molecule has 0 saturated heterocycles. The van der Waals surface area contributed by atoms with E-state index in [9.17, 15) is 4.79 Å². The minimum Gasteiger partial charge on any atom is -0.444 e. The molecular weight excluding hydrogens is 228 g/mol. The molecule has 0 aliphatic carbocycles. The highest BCUT2D eigenvalue weighted by molar-refractivity contribution is 5.84. The van der Waals surface area contributed by atoms with E-state index in [1.54, 1.807) is 0 Å². The first-order valence-electron chi connectivity index (χ1n) is 6.09. The fourth-order valence-electron chi connectivity index (χ4n) is 1.47. The van der Waals surface area contributed by atoms with Crippen LogP contribution in [-0.4, -0.2) is 18.7 Å². The van der Waals surface area contributed by atoms with Crippen molar-refractivity contribution in [3.8, 4) is 0 Å². The third-order valence-electron chi connectivity index (χ3n) is 2.46. The SMILES string of the molecule is CNC(C)c1cccc(NC(=O)OC(C)(C)C)c1. The molecule has 1 unspecified atom stereocenters. The molecule has 0 radical (unpaired) electrons. The van der Waals surface area contributed by atoms with Crippen LogP contribution in [0.3, 0.4) is 0 Å². The molecule has 1 aromatic rings. The normalized spacial score (nSPS) is 12.9. The highest BCUT2D eigenvalue weighted by Crippen LogP contribution is 2.18. The first-order valence-corrected chi connectivity index (χ1v) is 6.09. The quantitative estimate of drug-likeness (QED) is 0.865. The van der Waals surface area contributed by atoms with E-state index in [1.807, 2.05) is 52.1 Å². The van der Waals surface area contributed by atoms with E-state index in [-0.39, 0.29) is 6.04 Å². The third kappa shape index (κ3) is 4.75. The summed E-state index contributed by atoms with van der Waals surface area (Å²) in [5.74, 6) is 0. The second kappa shape index (κ2) is 5.87.